The van der Waals surface area contributed by atoms with Gasteiger partial charge in [0.2, 0.25) is 0 Å². The molecule has 1 N–H and O–H groups in total. The van der Waals surface area contributed by atoms with Gasteiger partial charge in [-0.05, 0) is 54.5 Å². The summed E-state index contributed by atoms with van der Waals surface area (Å²) in [6.45, 7) is 4.20. The molecule has 0 radical (unpaired) electrons. The Morgan fingerprint density at radius 1 is 0.951 bits per heavy atom. The average molecular weight is 551 g/mol. The summed E-state index contributed by atoms with van der Waals surface area (Å²) in [4.78, 5) is 14.1. The summed E-state index contributed by atoms with van der Waals surface area (Å²) in [7, 11) is 0. The largest absolute Gasteiger partial charge is 0.466 e. The second-order valence-electron chi connectivity index (χ2n) is 10.4. The molecule has 0 aliphatic carbocycles. The molecule has 1 atom stereocenters. The van der Waals surface area contributed by atoms with Crippen molar-refractivity contribution < 1.29 is 14.6 Å². The maximum Gasteiger partial charge on any atom is 0.305 e. The average Bonchev–Trinajstić information content (AvgIpc) is 3.46. The number of piperidine rings is 1. The van der Waals surface area contributed by atoms with Gasteiger partial charge < -0.3 is 9.84 Å². The number of aryl methyl sites for hydroxylation is 1. The first-order valence-electron chi connectivity index (χ1n) is 14.5. The van der Waals surface area contributed by atoms with E-state index in [4.69, 9.17) is 4.74 Å². The van der Waals surface area contributed by atoms with Crippen molar-refractivity contribution in [3.8, 4) is 0 Å². The van der Waals surface area contributed by atoms with Crippen LogP contribution in [0.15, 0.2) is 103 Å². The number of aliphatic hydroxyl groups is 1. The molecule has 0 amide bonds. The quantitative estimate of drug-likeness (QED) is 0.152. The van der Waals surface area contributed by atoms with E-state index in [9.17, 15) is 9.90 Å². The van der Waals surface area contributed by atoms with Crippen molar-refractivity contribution in [3.63, 3.8) is 0 Å². The van der Waals surface area contributed by atoms with Crippen LogP contribution in [-0.4, -0.2) is 56.8 Å². The molecule has 41 heavy (non-hydrogen) atoms. The van der Waals surface area contributed by atoms with Crippen LogP contribution in [0.25, 0.3) is 6.08 Å². The van der Waals surface area contributed by atoms with Crippen LogP contribution < -0.4 is 0 Å². The minimum absolute atomic E-state index is 0.162. The van der Waals surface area contributed by atoms with E-state index in [0.717, 1.165) is 30.7 Å². The number of ether oxygens (including phenoxy) is 1. The van der Waals surface area contributed by atoms with Crippen molar-refractivity contribution in [1.82, 2.24) is 19.9 Å². The molecule has 3 aromatic carbocycles. The van der Waals surface area contributed by atoms with Gasteiger partial charge in [-0.25, -0.2) is 0 Å². The summed E-state index contributed by atoms with van der Waals surface area (Å²) >= 11 is 0. The fourth-order valence-corrected chi connectivity index (χ4v) is 5.84. The van der Waals surface area contributed by atoms with Crippen molar-refractivity contribution in [1.29, 1.82) is 0 Å². The molecular formula is C34H38N4O3. The first-order chi connectivity index (χ1) is 20.1. The Bertz CT molecular complexity index is 1320. The fourth-order valence-electron chi connectivity index (χ4n) is 5.84. The number of esters is 1. The molecule has 1 aromatic heterocycles. The number of hydrogen-bond acceptors (Lipinski definition) is 6. The van der Waals surface area contributed by atoms with Gasteiger partial charge in [-0.2, -0.15) is 0 Å². The molecule has 7 nitrogen and oxygen atoms in total. The SMILES string of the molecule is CCOC(=O)CCCCn1cc(/C=C2/CN(C(c3ccccc3)(c3ccccc3)c3ccccc3)CCC2O)nn1. The Morgan fingerprint density at radius 3 is 2.10 bits per heavy atom. The maximum absolute atomic E-state index is 11.6. The maximum atomic E-state index is 11.6. The predicted octanol–water partition coefficient (Wildman–Crippen LogP) is 5.45. The number of hydrogen-bond donors (Lipinski definition) is 1. The number of aliphatic hydroxyl groups excluding tert-OH is 1. The molecule has 1 saturated heterocycles. The van der Waals surface area contributed by atoms with Gasteiger partial charge in [0.1, 0.15) is 5.69 Å². The number of rotatable bonds is 11. The van der Waals surface area contributed by atoms with E-state index >= 15 is 0 Å². The van der Waals surface area contributed by atoms with E-state index < -0.39 is 11.6 Å². The highest BCUT2D eigenvalue weighted by atomic mass is 16.5. The molecule has 0 saturated carbocycles. The van der Waals surface area contributed by atoms with Crippen molar-refractivity contribution in [2.45, 2.75) is 50.8 Å². The number of benzene rings is 3. The summed E-state index contributed by atoms with van der Waals surface area (Å²) in [5.74, 6) is -0.162. The van der Waals surface area contributed by atoms with Gasteiger partial charge in [-0.15, -0.1) is 5.10 Å². The molecule has 0 bridgehead atoms. The molecule has 7 heteroatoms. The normalized spacial score (nSPS) is 17.0. The fraction of sp³-hybridized carbons (Fsp3) is 0.324. The molecule has 4 aromatic rings. The highest BCUT2D eigenvalue weighted by Crippen LogP contribution is 2.44. The van der Waals surface area contributed by atoms with Crippen molar-refractivity contribution in [2.75, 3.05) is 19.7 Å². The summed E-state index contributed by atoms with van der Waals surface area (Å²) in [6, 6.07) is 31.9. The molecule has 0 spiro atoms. The summed E-state index contributed by atoms with van der Waals surface area (Å²) < 4.78 is 6.80. The van der Waals surface area contributed by atoms with Gasteiger partial charge >= 0.3 is 5.97 Å². The first kappa shape index (κ1) is 28.5. The molecule has 2 heterocycles. The topological polar surface area (TPSA) is 80.5 Å². The van der Waals surface area contributed by atoms with E-state index in [2.05, 4.69) is 106 Å². The summed E-state index contributed by atoms with van der Waals surface area (Å²) in [5.41, 5.74) is 4.64. The molecule has 1 fully saturated rings. The number of nitrogens with zero attached hydrogens (tertiary/aromatic N) is 4. The lowest BCUT2D eigenvalue weighted by molar-refractivity contribution is -0.143. The first-order valence-corrected chi connectivity index (χ1v) is 14.5. The van der Waals surface area contributed by atoms with Crippen LogP contribution in [0.3, 0.4) is 0 Å². The molecule has 5 rings (SSSR count). The van der Waals surface area contributed by atoms with Crippen molar-refractivity contribution in [3.05, 3.63) is 125 Å². The van der Waals surface area contributed by atoms with E-state index in [1.54, 1.807) is 4.68 Å². The van der Waals surface area contributed by atoms with Crippen molar-refractivity contribution in [2.24, 2.45) is 0 Å². The van der Waals surface area contributed by atoms with Gasteiger partial charge in [0.25, 0.3) is 0 Å². The highest BCUT2D eigenvalue weighted by Gasteiger charge is 2.44. The second-order valence-corrected chi connectivity index (χ2v) is 10.4. The Labute approximate surface area is 242 Å². The van der Waals surface area contributed by atoms with Crippen LogP contribution in [0.4, 0.5) is 0 Å². The van der Waals surface area contributed by atoms with Gasteiger partial charge in [-0.3, -0.25) is 14.4 Å². The smallest absolute Gasteiger partial charge is 0.305 e. The third-order valence-corrected chi connectivity index (χ3v) is 7.74. The number of aromatic nitrogens is 3. The minimum Gasteiger partial charge on any atom is -0.466 e. The standard InChI is InChI=1S/C34H38N4O3/c1-2-41-33(40)20-12-13-22-38-26-31(35-36-38)24-27-25-37(23-21-32(27)39)34(28-14-6-3-7-15-28,29-16-8-4-9-17-29)30-18-10-5-11-19-30/h3-11,14-19,24,26,32,39H,2,12-13,20-23,25H2,1H3/b27-24-. The Morgan fingerprint density at radius 2 is 1.54 bits per heavy atom. The third kappa shape index (κ3) is 6.47. The lowest BCUT2D eigenvalue weighted by atomic mass is 9.74. The second kappa shape index (κ2) is 13.5. The minimum atomic E-state index is -0.555. The van der Waals surface area contributed by atoms with Crippen LogP contribution in [0, 0.1) is 0 Å². The third-order valence-electron chi connectivity index (χ3n) is 7.74. The van der Waals surface area contributed by atoms with Gasteiger partial charge in [0.05, 0.1) is 24.4 Å². The Balaban J connectivity index is 1.44. The zero-order valence-electron chi connectivity index (χ0n) is 23.6. The summed E-state index contributed by atoms with van der Waals surface area (Å²) in [6.07, 6.45) is 5.90. The zero-order valence-corrected chi connectivity index (χ0v) is 23.6. The monoisotopic (exact) mass is 550 g/mol. The number of likely N-dealkylation sites (tertiary alicyclic amines) is 1. The summed E-state index contributed by atoms with van der Waals surface area (Å²) in [5, 5.41) is 19.8. The number of unbranched alkanes of at least 4 members (excludes halogenated alkanes) is 1. The van der Waals surface area contributed by atoms with Crippen molar-refractivity contribution >= 4 is 12.0 Å². The van der Waals surface area contributed by atoms with E-state index in [-0.39, 0.29) is 5.97 Å². The van der Waals surface area contributed by atoms with Crippen LogP contribution in [-0.2, 0) is 21.6 Å². The lowest BCUT2D eigenvalue weighted by Crippen LogP contribution is -2.52. The molecule has 212 valence electrons. The van der Waals surface area contributed by atoms with E-state index in [1.807, 2.05) is 19.2 Å². The van der Waals surface area contributed by atoms with Crippen LogP contribution in [0.2, 0.25) is 0 Å². The number of carbonyl (C=O) groups excluding carboxylic acids is 1. The highest BCUT2D eigenvalue weighted by molar-refractivity contribution is 5.69. The Hall–Kier alpha value is -4.07. The van der Waals surface area contributed by atoms with Gasteiger partial charge in [0.15, 0.2) is 0 Å². The molecule has 1 unspecified atom stereocenters. The van der Waals surface area contributed by atoms with E-state index in [0.29, 0.717) is 32.5 Å². The molecule has 1 aliphatic rings. The zero-order chi connectivity index (χ0) is 28.5. The van der Waals surface area contributed by atoms with Crippen LogP contribution >= 0.6 is 0 Å². The van der Waals surface area contributed by atoms with Gasteiger partial charge in [-0.1, -0.05) is 96.2 Å². The molecule has 1 aliphatic heterocycles. The lowest BCUT2D eigenvalue weighted by Gasteiger charge is -2.48. The van der Waals surface area contributed by atoms with Gasteiger partial charge in [0, 0.05) is 26.1 Å². The Kier molecular flexibility index (Phi) is 9.39. The predicted molar refractivity (Wildman–Crippen MR) is 160 cm³/mol. The number of carbonyl (C=O) groups is 1. The molecular weight excluding hydrogens is 512 g/mol. The van der Waals surface area contributed by atoms with E-state index in [1.165, 1.54) is 16.7 Å². The van der Waals surface area contributed by atoms with Crippen LogP contribution in [0.5, 0.6) is 0 Å². The van der Waals surface area contributed by atoms with Crippen LogP contribution in [0.1, 0.15) is 55.0 Å².